The van der Waals surface area contributed by atoms with E-state index in [2.05, 4.69) is 9.97 Å². The van der Waals surface area contributed by atoms with Gasteiger partial charge < -0.3 is 9.30 Å². The number of rotatable bonds is 3. The van der Waals surface area contributed by atoms with Gasteiger partial charge >= 0.3 is 12.3 Å². The Bertz CT molecular complexity index is 1360. The Kier molecular flexibility index (Phi) is 5.44. The number of carbonyl (C=O) groups excluding carboxylic acids is 1. The highest BCUT2D eigenvalue weighted by Crippen LogP contribution is 2.47. The topological polar surface area (TPSA) is 60.2 Å². The highest BCUT2D eigenvalue weighted by molar-refractivity contribution is 6.31. The van der Waals surface area contributed by atoms with E-state index in [0.29, 0.717) is 11.0 Å². The van der Waals surface area contributed by atoms with E-state index in [0.717, 1.165) is 6.07 Å². The molecule has 2 aromatic heterocycles. The average Bonchev–Trinajstić information content (AvgIpc) is 3.43. The van der Waals surface area contributed by atoms with Crippen LogP contribution in [0.25, 0.3) is 5.69 Å². The van der Waals surface area contributed by atoms with Gasteiger partial charge in [0.1, 0.15) is 41.0 Å². The summed E-state index contributed by atoms with van der Waals surface area (Å²) in [4.78, 5) is 21.2. The van der Waals surface area contributed by atoms with Crippen LogP contribution < -0.4 is 4.90 Å². The molecule has 1 aliphatic carbocycles. The molecule has 1 aromatic carbocycles. The minimum atomic E-state index is -4.96. The van der Waals surface area contributed by atoms with Gasteiger partial charge in [-0.1, -0.05) is 23.2 Å². The standard InChI is InChI=1S/C21H12Cl2F6N4O2/c22-12-5-9(1-2-13(12)24)32-7-15(23)30-18(32)14-8-35-19(34)33(14)16-6-11(21(27,28)29)10-3-4-20(25,26)17(10)31-16/h1-2,5-7,14H,3-4,8H2/t14-/m0/s1. The van der Waals surface area contributed by atoms with Crippen molar-refractivity contribution >= 4 is 35.1 Å². The van der Waals surface area contributed by atoms with Crippen molar-refractivity contribution in [2.45, 2.75) is 31.0 Å². The third-order valence-electron chi connectivity index (χ3n) is 5.75. The number of cyclic esters (lactones) is 1. The van der Waals surface area contributed by atoms with Crippen LogP contribution in [0.1, 0.15) is 35.1 Å². The molecule has 1 saturated heterocycles. The summed E-state index contributed by atoms with van der Waals surface area (Å²) >= 11 is 11.9. The Morgan fingerprint density at radius 2 is 1.89 bits per heavy atom. The van der Waals surface area contributed by atoms with Gasteiger partial charge in [0.05, 0.1) is 10.6 Å². The number of nitrogens with zero attached hydrogens (tertiary/aromatic N) is 4. The fraction of sp³-hybridized carbons (Fsp3) is 0.286. The summed E-state index contributed by atoms with van der Waals surface area (Å²) in [5.74, 6) is -4.97. The van der Waals surface area contributed by atoms with E-state index in [-0.39, 0.29) is 21.7 Å². The maximum Gasteiger partial charge on any atom is 0.416 e. The third-order valence-corrected chi connectivity index (χ3v) is 6.23. The summed E-state index contributed by atoms with van der Waals surface area (Å²) in [6, 6.07) is 3.00. The zero-order chi connectivity index (χ0) is 25.3. The summed E-state index contributed by atoms with van der Waals surface area (Å²) in [6.07, 6.45) is -6.11. The van der Waals surface area contributed by atoms with Gasteiger partial charge in [-0.25, -0.2) is 24.1 Å². The van der Waals surface area contributed by atoms with Crippen molar-refractivity contribution in [3.8, 4) is 5.69 Å². The first kappa shape index (κ1) is 23.7. The van der Waals surface area contributed by atoms with Crippen LogP contribution in [-0.2, 0) is 23.3 Å². The molecule has 1 fully saturated rings. The Hall–Kier alpha value is -2.99. The summed E-state index contributed by atoms with van der Waals surface area (Å²) in [5.41, 5.74) is -2.68. The molecule has 0 bridgehead atoms. The van der Waals surface area contributed by atoms with E-state index in [1.165, 1.54) is 22.9 Å². The van der Waals surface area contributed by atoms with Crippen LogP contribution in [0.2, 0.25) is 10.2 Å². The number of ether oxygens (including phenoxy) is 1. The first-order chi connectivity index (χ1) is 16.4. The van der Waals surface area contributed by atoms with Gasteiger partial charge in [0.2, 0.25) is 0 Å². The second kappa shape index (κ2) is 8.02. The second-order valence-electron chi connectivity index (χ2n) is 7.91. The van der Waals surface area contributed by atoms with Crippen LogP contribution in [0, 0.1) is 5.82 Å². The number of pyridine rings is 1. The van der Waals surface area contributed by atoms with Gasteiger partial charge in [0, 0.05) is 18.3 Å². The highest BCUT2D eigenvalue weighted by Gasteiger charge is 2.49. The Morgan fingerprint density at radius 3 is 2.57 bits per heavy atom. The van der Waals surface area contributed by atoms with E-state index in [9.17, 15) is 31.1 Å². The summed E-state index contributed by atoms with van der Waals surface area (Å²) in [5, 5.41) is -0.296. The molecule has 0 spiro atoms. The van der Waals surface area contributed by atoms with Crippen LogP contribution in [-0.4, -0.2) is 27.2 Å². The number of imidazole rings is 1. The van der Waals surface area contributed by atoms with E-state index >= 15 is 0 Å². The van der Waals surface area contributed by atoms with Gasteiger partial charge in [0.25, 0.3) is 5.92 Å². The highest BCUT2D eigenvalue weighted by atomic mass is 35.5. The molecule has 0 radical (unpaired) electrons. The van der Waals surface area contributed by atoms with E-state index in [1.54, 1.807) is 0 Å². The lowest BCUT2D eigenvalue weighted by Gasteiger charge is -2.24. The third kappa shape index (κ3) is 3.98. The van der Waals surface area contributed by atoms with E-state index < -0.39 is 72.1 Å². The lowest BCUT2D eigenvalue weighted by atomic mass is 10.1. The minimum absolute atomic E-state index is 0.00569. The van der Waals surface area contributed by atoms with Gasteiger partial charge in [0.15, 0.2) is 0 Å². The fourth-order valence-corrected chi connectivity index (χ4v) is 4.56. The van der Waals surface area contributed by atoms with Crippen molar-refractivity contribution in [3.63, 3.8) is 0 Å². The monoisotopic (exact) mass is 536 g/mol. The van der Waals surface area contributed by atoms with Gasteiger partial charge in [-0.2, -0.15) is 22.0 Å². The van der Waals surface area contributed by atoms with E-state index in [1.807, 2.05) is 0 Å². The molecule has 3 heterocycles. The van der Waals surface area contributed by atoms with Crippen LogP contribution in [0.3, 0.4) is 0 Å². The molecule has 1 atom stereocenters. The second-order valence-corrected chi connectivity index (χ2v) is 8.70. The zero-order valence-corrected chi connectivity index (χ0v) is 18.7. The van der Waals surface area contributed by atoms with Gasteiger partial charge in [-0.3, -0.25) is 0 Å². The van der Waals surface area contributed by atoms with Crippen molar-refractivity contribution in [1.82, 2.24) is 14.5 Å². The largest absolute Gasteiger partial charge is 0.446 e. The lowest BCUT2D eigenvalue weighted by Crippen LogP contribution is -2.31. The number of hydrogen-bond donors (Lipinski definition) is 0. The number of alkyl halides is 5. The number of carbonyl (C=O) groups is 1. The molecule has 35 heavy (non-hydrogen) atoms. The van der Waals surface area contributed by atoms with Crippen molar-refractivity contribution in [3.05, 3.63) is 69.1 Å². The maximum absolute atomic E-state index is 14.4. The number of aromatic nitrogens is 3. The predicted octanol–water partition coefficient (Wildman–Crippen LogP) is 6.47. The smallest absolute Gasteiger partial charge is 0.416 e. The number of amides is 1. The molecule has 184 valence electrons. The first-order valence-corrected chi connectivity index (χ1v) is 10.8. The molecule has 1 amide bonds. The first-order valence-electron chi connectivity index (χ1n) is 10.0. The van der Waals surface area contributed by atoms with Gasteiger partial charge in [-0.15, -0.1) is 0 Å². The molecule has 1 aliphatic heterocycles. The molecular weight excluding hydrogens is 525 g/mol. The molecule has 0 unspecified atom stereocenters. The summed E-state index contributed by atoms with van der Waals surface area (Å²) in [7, 11) is 0. The average molecular weight is 537 g/mol. The van der Waals surface area contributed by atoms with Crippen LogP contribution in [0.15, 0.2) is 30.5 Å². The Balaban J connectivity index is 1.65. The van der Waals surface area contributed by atoms with Crippen molar-refractivity contribution < 1.29 is 35.9 Å². The predicted molar refractivity (Wildman–Crippen MR) is 112 cm³/mol. The summed E-state index contributed by atoms with van der Waals surface area (Å²) < 4.78 is 90.1. The van der Waals surface area contributed by atoms with Gasteiger partial charge in [-0.05, 0) is 36.2 Å². The van der Waals surface area contributed by atoms with Crippen LogP contribution >= 0.6 is 23.2 Å². The molecular formula is C21H12Cl2F6N4O2. The van der Waals surface area contributed by atoms with Crippen molar-refractivity contribution in [1.29, 1.82) is 0 Å². The number of hydrogen-bond acceptors (Lipinski definition) is 4. The van der Waals surface area contributed by atoms with E-state index in [4.69, 9.17) is 27.9 Å². The molecule has 0 saturated carbocycles. The molecule has 14 heteroatoms. The number of halogens is 8. The molecule has 5 rings (SSSR count). The molecule has 2 aliphatic rings. The SMILES string of the molecule is O=C1OC[C@@H](c2nc(Cl)cn2-c2ccc(F)c(Cl)c2)N1c1cc(C(F)(F)F)c2c(n1)C(F)(F)CC2. The number of benzene rings is 1. The van der Waals surface area contributed by atoms with Crippen molar-refractivity contribution in [2.75, 3.05) is 11.5 Å². The minimum Gasteiger partial charge on any atom is -0.446 e. The quantitative estimate of drug-likeness (QED) is 0.360. The normalized spacial score (nSPS) is 19.3. The molecule has 3 aromatic rings. The maximum atomic E-state index is 14.4. The lowest BCUT2D eigenvalue weighted by molar-refractivity contribution is -0.138. The summed E-state index contributed by atoms with van der Waals surface area (Å²) in [6.45, 7) is -0.391. The van der Waals surface area contributed by atoms with Crippen LogP contribution in [0.5, 0.6) is 0 Å². The Labute approximate surface area is 203 Å². The number of anilines is 1. The zero-order valence-electron chi connectivity index (χ0n) is 17.2. The fourth-order valence-electron chi connectivity index (χ4n) is 4.20. The molecule has 6 nitrogen and oxygen atoms in total. The number of fused-ring (bicyclic) bond motifs is 1. The van der Waals surface area contributed by atoms with Crippen molar-refractivity contribution in [2.24, 2.45) is 0 Å². The molecule has 0 N–H and O–H groups in total. The Morgan fingerprint density at radius 1 is 1.14 bits per heavy atom. The van der Waals surface area contributed by atoms with Crippen LogP contribution in [0.4, 0.5) is 37.0 Å².